The molecule has 3 rings (SSSR count). The highest BCUT2D eigenvalue weighted by molar-refractivity contribution is 7.91. The summed E-state index contributed by atoms with van der Waals surface area (Å²) >= 11 is 0. The molecule has 0 spiro atoms. The molecule has 23 heavy (non-hydrogen) atoms. The number of fused-ring (bicyclic) bond motifs is 1. The SMILES string of the molecule is C[C@@H]1CCCC[C@H]1NC(=O)CS(=O)(=O)c1nnc2ccccn12. The minimum atomic E-state index is -3.83. The molecule has 2 heterocycles. The summed E-state index contributed by atoms with van der Waals surface area (Å²) in [4.78, 5) is 12.2. The Hall–Kier alpha value is -1.96. The van der Waals surface area contributed by atoms with Crippen LogP contribution in [0.1, 0.15) is 32.6 Å². The third kappa shape index (κ3) is 3.36. The van der Waals surface area contributed by atoms with Crippen molar-refractivity contribution in [3.05, 3.63) is 24.4 Å². The molecule has 0 radical (unpaired) electrons. The Morgan fingerprint density at radius 1 is 1.30 bits per heavy atom. The number of pyridine rings is 1. The van der Waals surface area contributed by atoms with Gasteiger partial charge < -0.3 is 5.32 Å². The Bertz CT molecular complexity index is 815. The zero-order chi connectivity index (χ0) is 16.4. The predicted octanol–water partition coefficient (Wildman–Crippen LogP) is 1.20. The van der Waals surface area contributed by atoms with Gasteiger partial charge in [0, 0.05) is 12.2 Å². The molecule has 1 amide bonds. The first-order valence-electron chi connectivity index (χ1n) is 7.79. The number of carbonyl (C=O) groups is 1. The van der Waals surface area contributed by atoms with Gasteiger partial charge in [-0.1, -0.05) is 25.8 Å². The van der Waals surface area contributed by atoms with Gasteiger partial charge in [-0.15, -0.1) is 10.2 Å². The van der Waals surface area contributed by atoms with Crippen LogP contribution < -0.4 is 5.32 Å². The third-order valence-electron chi connectivity index (χ3n) is 4.34. The van der Waals surface area contributed by atoms with E-state index in [0.717, 1.165) is 25.7 Å². The Morgan fingerprint density at radius 2 is 2.09 bits per heavy atom. The summed E-state index contributed by atoms with van der Waals surface area (Å²) in [5.74, 6) is -0.702. The van der Waals surface area contributed by atoms with Gasteiger partial charge in [0.1, 0.15) is 5.75 Å². The van der Waals surface area contributed by atoms with Crippen molar-refractivity contribution in [1.82, 2.24) is 19.9 Å². The molecule has 0 aromatic carbocycles. The molecule has 0 saturated heterocycles. The summed E-state index contributed by atoms with van der Waals surface area (Å²) in [6.45, 7) is 2.09. The Labute approximate surface area is 135 Å². The van der Waals surface area contributed by atoms with E-state index in [2.05, 4.69) is 22.4 Å². The minimum absolute atomic E-state index is 0.0570. The first kappa shape index (κ1) is 15.9. The van der Waals surface area contributed by atoms with E-state index in [1.54, 1.807) is 24.4 Å². The lowest BCUT2D eigenvalue weighted by molar-refractivity contribution is -0.119. The van der Waals surface area contributed by atoms with Crippen LogP contribution in [0.5, 0.6) is 0 Å². The second kappa shape index (κ2) is 6.27. The first-order chi connectivity index (χ1) is 11.0. The van der Waals surface area contributed by atoms with Crippen LogP contribution in [0, 0.1) is 5.92 Å². The molecule has 0 aliphatic heterocycles. The molecule has 1 fully saturated rings. The van der Waals surface area contributed by atoms with Gasteiger partial charge in [0.25, 0.3) is 5.16 Å². The van der Waals surface area contributed by atoms with E-state index < -0.39 is 21.5 Å². The van der Waals surface area contributed by atoms with E-state index in [9.17, 15) is 13.2 Å². The van der Waals surface area contributed by atoms with Gasteiger partial charge in [0.15, 0.2) is 5.65 Å². The molecule has 8 heteroatoms. The number of hydrogen-bond donors (Lipinski definition) is 1. The lowest BCUT2D eigenvalue weighted by Crippen LogP contribution is -2.43. The van der Waals surface area contributed by atoms with Gasteiger partial charge in [-0.3, -0.25) is 9.20 Å². The number of aromatic nitrogens is 3. The van der Waals surface area contributed by atoms with Crippen LogP contribution in [0.25, 0.3) is 5.65 Å². The standard InChI is InChI=1S/C15H20N4O3S/c1-11-6-2-3-7-12(11)16-14(20)10-23(21,22)15-18-17-13-8-4-5-9-19(13)15/h4-5,8-9,11-12H,2-3,6-7,10H2,1H3,(H,16,20)/t11-,12-/m1/s1. The molecule has 1 N–H and O–H groups in total. The van der Waals surface area contributed by atoms with Crippen LogP contribution >= 0.6 is 0 Å². The maximum absolute atomic E-state index is 12.5. The van der Waals surface area contributed by atoms with Crippen molar-refractivity contribution in [2.24, 2.45) is 5.92 Å². The molecule has 0 bridgehead atoms. The van der Waals surface area contributed by atoms with Gasteiger partial charge in [-0.05, 0) is 30.9 Å². The topological polar surface area (TPSA) is 93.4 Å². The molecule has 0 unspecified atom stereocenters. The van der Waals surface area contributed by atoms with Crippen molar-refractivity contribution in [3.63, 3.8) is 0 Å². The number of sulfone groups is 1. The fourth-order valence-corrected chi connectivity index (χ4v) is 4.22. The van der Waals surface area contributed by atoms with Gasteiger partial charge in [0.05, 0.1) is 0 Å². The van der Waals surface area contributed by atoms with E-state index in [4.69, 9.17) is 0 Å². The minimum Gasteiger partial charge on any atom is -0.352 e. The highest BCUT2D eigenvalue weighted by atomic mass is 32.2. The lowest BCUT2D eigenvalue weighted by atomic mass is 9.86. The van der Waals surface area contributed by atoms with Crippen LogP contribution in [0.4, 0.5) is 0 Å². The summed E-state index contributed by atoms with van der Waals surface area (Å²) < 4.78 is 26.3. The first-order valence-corrected chi connectivity index (χ1v) is 9.44. The highest BCUT2D eigenvalue weighted by Gasteiger charge is 2.28. The van der Waals surface area contributed by atoms with Crippen molar-refractivity contribution in [2.75, 3.05) is 5.75 Å². The number of hydrogen-bond acceptors (Lipinski definition) is 5. The van der Waals surface area contributed by atoms with Gasteiger partial charge >= 0.3 is 0 Å². The van der Waals surface area contributed by atoms with Crippen LogP contribution in [0.3, 0.4) is 0 Å². The van der Waals surface area contributed by atoms with Crippen LogP contribution in [-0.2, 0) is 14.6 Å². The highest BCUT2D eigenvalue weighted by Crippen LogP contribution is 2.23. The summed E-state index contributed by atoms with van der Waals surface area (Å²) in [6, 6.07) is 5.16. The molecular weight excluding hydrogens is 316 g/mol. The monoisotopic (exact) mass is 336 g/mol. The Morgan fingerprint density at radius 3 is 2.87 bits per heavy atom. The van der Waals surface area contributed by atoms with Crippen molar-refractivity contribution >= 4 is 21.4 Å². The van der Waals surface area contributed by atoms with E-state index >= 15 is 0 Å². The maximum atomic E-state index is 12.5. The van der Waals surface area contributed by atoms with Crippen LogP contribution in [-0.4, -0.2) is 40.7 Å². The molecule has 7 nitrogen and oxygen atoms in total. The molecular formula is C15H20N4O3S. The molecule has 1 aliphatic carbocycles. The van der Waals surface area contributed by atoms with Gasteiger partial charge in [-0.2, -0.15) is 0 Å². The summed E-state index contributed by atoms with van der Waals surface area (Å²) in [5, 5.41) is 10.2. The number of nitrogens with one attached hydrogen (secondary N) is 1. The molecule has 2 aromatic heterocycles. The Kier molecular flexibility index (Phi) is 4.34. The normalized spacial score (nSPS) is 22.1. The smallest absolute Gasteiger partial charge is 0.254 e. The summed E-state index contributed by atoms with van der Waals surface area (Å²) in [6.07, 6.45) is 5.77. The predicted molar refractivity (Wildman–Crippen MR) is 84.6 cm³/mol. The van der Waals surface area contributed by atoms with E-state index in [0.29, 0.717) is 11.6 Å². The van der Waals surface area contributed by atoms with Crippen LogP contribution in [0.2, 0.25) is 0 Å². The summed E-state index contributed by atoms with van der Waals surface area (Å²) in [5.41, 5.74) is 0.437. The zero-order valence-corrected chi connectivity index (χ0v) is 13.8. The number of rotatable bonds is 4. The second-order valence-corrected chi connectivity index (χ2v) is 7.99. The lowest BCUT2D eigenvalue weighted by Gasteiger charge is -2.29. The third-order valence-corrected chi connectivity index (χ3v) is 5.82. The van der Waals surface area contributed by atoms with Gasteiger partial charge in [0.2, 0.25) is 15.7 Å². The second-order valence-electron chi connectivity index (χ2n) is 6.11. The summed E-state index contributed by atoms with van der Waals surface area (Å²) in [7, 11) is -3.83. The molecule has 124 valence electrons. The number of amides is 1. The molecule has 1 saturated carbocycles. The maximum Gasteiger partial charge on any atom is 0.254 e. The van der Waals surface area contributed by atoms with Gasteiger partial charge in [-0.25, -0.2) is 8.42 Å². The van der Waals surface area contributed by atoms with E-state index in [1.165, 1.54) is 4.40 Å². The quantitative estimate of drug-likeness (QED) is 0.905. The molecule has 2 aromatic rings. The zero-order valence-electron chi connectivity index (χ0n) is 13.0. The Balaban J connectivity index is 1.74. The van der Waals surface area contributed by atoms with Crippen LogP contribution in [0.15, 0.2) is 29.6 Å². The number of carbonyl (C=O) groups excluding carboxylic acids is 1. The van der Waals surface area contributed by atoms with Crippen molar-refractivity contribution in [1.29, 1.82) is 0 Å². The largest absolute Gasteiger partial charge is 0.352 e. The fourth-order valence-electron chi connectivity index (χ4n) is 3.05. The molecule has 1 aliphatic rings. The average molecular weight is 336 g/mol. The van der Waals surface area contributed by atoms with Crippen molar-refractivity contribution in [2.45, 2.75) is 43.8 Å². The fraction of sp³-hybridized carbons (Fsp3) is 0.533. The average Bonchev–Trinajstić information content (AvgIpc) is 2.94. The van der Waals surface area contributed by atoms with Crippen molar-refractivity contribution < 1.29 is 13.2 Å². The van der Waals surface area contributed by atoms with E-state index in [-0.39, 0.29) is 11.2 Å². The molecule has 2 atom stereocenters. The van der Waals surface area contributed by atoms with E-state index in [1.807, 2.05) is 0 Å². The number of nitrogens with zero attached hydrogens (tertiary/aromatic N) is 3. The van der Waals surface area contributed by atoms with Crippen molar-refractivity contribution in [3.8, 4) is 0 Å².